The third-order valence-corrected chi connectivity index (χ3v) is 3.17. The summed E-state index contributed by atoms with van der Waals surface area (Å²) in [4.78, 5) is 27.4. The van der Waals surface area contributed by atoms with Gasteiger partial charge in [0.15, 0.2) is 0 Å². The highest BCUT2D eigenvalue weighted by Crippen LogP contribution is 2.37. The number of rotatable bonds is 2. The largest absolute Gasteiger partial charge is 0.236 e. The number of carbonyl (C=O) groups excluding carboxylic acids is 2. The zero-order valence-corrected chi connectivity index (χ0v) is 8.58. The highest BCUT2D eigenvalue weighted by Gasteiger charge is 2.32. The van der Waals surface area contributed by atoms with E-state index in [4.69, 9.17) is 0 Å². The van der Waals surface area contributed by atoms with Gasteiger partial charge in [0.2, 0.25) is 12.2 Å². The Kier molecular flexibility index (Phi) is 3.55. The molecular weight excluding hydrogens is 236 g/mol. The second-order valence-electron chi connectivity index (χ2n) is 3.07. The van der Waals surface area contributed by atoms with Crippen LogP contribution in [0.2, 0.25) is 0 Å². The van der Waals surface area contributed by atoms with E-state index in [-0.39, 0.29) is 6.04 Å². The molecule has 1 saturated carbocycles. The molecule has 0 aromatic heterocycles. The molecule has 0 aliphatic heterocycles. The van der Waals surface area contributed by atoms with Crippen LogP contribution in [-0.4, -0.2) is 22.6 Å². The number of halogens is 1. The first-order valence-electron chi connectivity index (χ1n) is 4.05. The second-order valence-corrected chi connectivity index (χ2v) is 4.55. The lowest BCUT2D eigenvalue weighted by Crippen LogP contribution is -2.27. The van der Waals surface area contributed by atoms with Crippen LogP contribution in [0.5, 0.6) is 0 Å². The highest BCUT2D eigenvalue weighted by atomic mass is 79.9. The molecule has 0 aromatic carbocycles. The van der Waals surface area contributed by atoms with Crippen LogP contribution in [-0.2, 0) is 9.59 Å². The van der Waals surface area contributed by atoms with Crippen LogP contribution in [0.4, 0.5) is 0 Å². The summed E-state index contributed by atoms with van der Waals surface area (Å²) in [6.45, 7) is 0. The molecule has 1 aliphatic carbocycles. The zero-order chi connectivity index (χ0) is 9.73. The predicted octanol–water partition coefficient (Wildman–Crippen LogP) is 1.69. The van der Waals surface area contributed by atoms with Gasteiger partial charge >= 0.3 is 0 Å². The van der Waals surface area contributed by atoms with E-state index in [1.165, 1.54) is 0 Å². The summed E-state index contributed by atoms with van der Waals surface area (Å²) >= 11 is 3.37. The first kappa shape index (κ1) is 10.3. The number of hydrogen-bond acceptors (Lipinski definition) is 4. The summed E-state index contributed by atoms with van der Waals surface area (Å²) in [7, 11) is 0. The molecule has 0 N–H and O–H groups in total. The Labute approximate surface area is 84.3 Å². The van der Waals surface area contributed by atoms with Crippen molar-refractivity contribution < 1.29 is 9.59 Å². The lowest BCUT2D eigenvalue weighted by Gasteiger charge is -2.28. The van der Waals surface area contributed by atoms with Crippen LogP contribution in [0.15, 0.2) is 9.98 Å². The summed E-state index contributed by atoms with van der Waals surface area (Å²) in [6.07, 6.45) is 6.02. The minimum Gasteiger partial charge on any atom is -0.211 e. The van der Waals surface area contributed by atoms with Crippen LogP contribution in [0.1, 0.15) is 25.7 Å². The Balaban J connectivity index is 2.55. The SMILES string of the molecule is O=C=NC1CCC(Br)(N=C=O)CC1. The average Bonchev–Trinajstić information content (AvgIpc) is 2.10. The molecule has 70 valence electrons. The van der Waals surface area contributed by atoms with Crippen LogP contribution in [0.25, 0.3) is 0 Å². The molecule has 4 nitrogen and oxygen atoms in total. The Bertz CT molecular complexity index is 272. The maximum absolute atomic E-state index is 10.1. The van der Waals surface area contributed by atoms with Gasteiger partial charge in [-0.3, -0.25) is 0 Å². The summed E-state index contributed by atoms with van der Waals surface area (Å²) in [5, 5.41) is 0. The zero-order valence-electron chi connectivity index (χ0n) is 6.99. The lowest BCUT2D eigenvalue weighted by molar-refractivity contribution is 0.373. The fourth-order valence-corrected chi connectivity index (χ4v) is 1.97. The summed E-state index contributed by atoms with van der Waals surface area (Å²) in [5.74, 6) is 0. The monoisotopic (exact) mass is 244 g/mol. The van der Waals surface area contributed by atoms with Gasteiger partial charge in [-0.05, 0) is 25.7 Å². The molecule has 0 bridgehead atoms. The van der Waals surface area contributed by atoms with Crippen molar-refractivity contribution in [3.8, 4) is 0 Å². The summed E-state index contributed by atoms with van der Waals surface area (Å²) < 4.78 is -0.469. The molecule has 0 spiro atoms. The summed E-state index contributed by atoms with van der Waals surface area (Å²) in [6, 6.07) is 0.0463. The topological polar surface area (TPSA) is 58.9 Å². The number of hydrogen-bond donors (Lipinski definition) is 0. The van der Waals surface area contributed by atoms with Crippen LogP contribution in [0, 0.1) is 0 Å². The van der Waals surface area contributed by atoms with E-state index in [9.17, 15) is 9.59 Å². The number of nitrogens with zero attached hydrogens (tertiary/aromatic N) is 2. The minimum absolute atomic E-state index is 0.0463. The molecule has 0 radical (unpaired) electrons. The van der Waals surface area contributed by atoms with Crippen molar-refractivity contribution in [2.75, 3.05) is 0 Å². The fraction of sp³-hybridized carbons (Fsp3) is 0.750. The van der Waals surface area contributed by atoms with Gasteiger partial charge in [-0.25, -0.2) is 14.6 Å². The molecule has 0 heterocycles. The number of alkyl halides is 1. The maximum atomic E-state index is 10.1. The van der Waals surface area contributed by atoms with Gasteiger partial charge in [0.25, 0.3) is 0 Å². The second kappa shape index (κ2) is 4.47. The smallest absolute Gasteiger partial charge is 0.211 e. The Hall–Kier alpha value is -0.760. The van der Waals surface area contributed by atoms with E-state index in [0.29, 0.717) is 12.8 Å². The van der Waals surface area contributed by atoms with E-state index in [1.807, 2.05) is 0 Å². The van der Waals surface area contributed by atoms with Crippen LogP contribution in [0.3, 0.4) is 0 Å². The molecule has 0 atom stereocenters. The van der Waals surface area contributed by atoms with Crippen molar-refractivity contribution in [1.29, 1.82) is 0 Å². The van der Waals surface area contributed by atoms with E-state index >= 15 is 0 Å². The molecule has 0 saturated heterocycles. The van der Waals surface area contributed by atoms with Crippen LogP contribution >= 0.6 is 15.9 Å². The van der Waals surface area contributed by atoms with Crippen LogP contribution < -0.4 is 0 Å². The normalized spacial score (nSPS) is 32.8. The molecule has 5 heteroatoms. The molecule has 1 rings (SSSR count). The maximum Gasteiger partial charge on any atom is 0.236 e. The van der Waals surface area contributed by atoms with Gasteiger partial charge < -0.3 is 0 Å². The average molecular weight is 245 g/mol. The molecule has 13 heavy (non-hydrogen) atoms. The predicted molar refractivity (Wildman–Crippen MR) is 50.2 cm³/mol. The van der Waals surface area contributed by atoms with Crippen molar-refractivity contribution in [2.24, 2.45) is 9.98 Å². The van der Waals surface area contributed by atoms with Gasteiger partial charge in [0.05, 0.1) is 6.04 Å². The first-order valence-corrected chi connectivity index (χ1v) is 4.84. The van der Waals surface area contributed by atoms with Gasteiger partial charge in [0, 0.05) is 0 Å². The number of isocyanates is 2. The Morgan fingerprint density at radius 1 is 1.23 bits per heavy atom. The molecule has 0 aromatic rings. The van der Waals surface area contributed by atoms with Gasteiger partial charge in [0.1, 0.15) is 4.45 Å². The minimum atomic E-state index is -0.469. The van der Waals surface area contributed by atoms with Crippen molar-refractivity contribution in [2.45, 2.75) is 36.2 Å². The van der Waals surface area contributed by atoms with Crippen molar-refractivity contribution in [1.82, 2.24) is 0 Å². The third-order valence-electron chi connectivity index (χ3n) is 2.20. The first-order chi connectivity index (χ1) is 6.20. The molecule has 0 unspecified atom stereocenters. The fourth-order valence-electron chi connectivity index (χ4n) is 1.44. The number of aliphatic imine (C=N–C) groups is 2. The molecule has 0 amide bonds. The standard InChI is InChI=1S/C8H9BrN2O2/c9-8(11-6-13)3-1-7(2-4-8)10-5-12/h7H,1-4H2. The van der Waals surface area contributed by atoms with Gasteiger partial charge in [-0.15, -0.1) is 0 Å². The Morgan fingerprint density at radius 3 is 2.31 bits per heavy atom. The molecular formula is C8H9BrN2O2. The highest BCUT2D eigenvalue weighted by molar-refractivity contribution is 9.10. The summed E-state index contributed by atoms with van der Waals surface area (Å²) in [5.41, 5.74) is 0. The molecule has 1 aliphatic rings. The van der Waals surface area contributed by atoms with Gasteiger partial charge in [-0.2, -0.15) is 4.99 Å². The quantitative estimate of drug-likeness (QED) is 0.321. The third kappa shape index (κ3) is 2.88. The van der Waals surface area contributed by atoms with E-state index < -0.39 is 4.45 Å². The van der Waals surface area contributed by atoms with Crippen molar-refractivity contribution in [3.63, 3.8) is 0 Å². The van der Waals surface area contributed by atoms with E-state index in [1.54, 1.807) is 12.2 Å². The van der Waals surface area contributed by atoms with E-state index in [2.05, 4.69) is 25.9 Å². The van der Waals surface area contributed by atoms with Crippen molar-refractivity contribution >= 4 is 28.1 Å². The van der Waals surface area contributed by atoms with E-state index in [0.717, 1.165) is 12.8 Å². The lowest BCUT2D eigenvalue weighted by atomic mass is 9.92. The van der Waals surface area contributed by atoms with Gasteiger partial charge in [-0.1, -0.05) is 15.9 Å². The molecule has 1 fully saturated rings. The van der Waals surface area contributed by atoms with Crippen molar-refractivity contribution in [3.05, 3.63) is 0 Å². The Morgan fingerprint density at radius 2 is 1.85 bits per heavy atom.